The predicted octanol–water partition coefficient (Wildman–Crippen LogP) is 5.05. The lowest BCUT2D eigenvalue weighted by molar-refractivity contribution is -0.384. The lowest BCUT2D eigenvalue weighted by atomic mass is 10.0. The molecule has 2 aromatic carbocycles. The molecule has 29 heavy (non-hydrogen) atoms. The number of hydrogen-bond acceptors (Lipinski definition) is 3. The van der Waals surface area contributed by atoms with Crippen LogP contribution >= 0.6 is 0 Å². The van der Waals surface area contributed by atoms with Gasteiger partial charge in [-0.1, -0.05) is 24.3 Å². The van der Waals surface area contributed by atoms with E-state index in [1.165, 1.54) is 18.2 Å². The molecule has 0 aliphatic carbocycles. The maximum Gasteiger partial charge on any atom is 0.416 e. The first-order chi connectivity index (χ1) is 13.4. The predicted molar refractivity (Wildman–Crippen MR) is 90.5 cm³/mol. The zero-order chi connectivity index (χ0) is 21.8. The summed E-state index contributed by atoms with van der Waals surface area (Å²) >= 11 is 0. The fourth-order valence-corrected chi connectivity index (χ4v) is 2.35. The molecule has 1 N–H and O–H groups in total. The number of rotatable bonds is 5. The van der Waals surface area contributed by atoms with Crippen molar-refractivity contribution >= 4 is 17.7 Å². The highest BCUT2D eigenvalue weighted by molar-refractivity contribution is 5.92. The van der Waals surface area contributed by atoms with E-state index in [-0.39, 0.29) is 11.3 Å². The molecule has 5 nitrogen and oxygen atoms in total. The summed E-state index contributed by atoms with van der Waals surface area (Å²) in [4.78, 5) is 21.9. The monoisotopic (exact) mass is 418 g/mol. The van der Waals surface area contributed by atoms with Crippen molar-refractivity contribution in [2.45, 2.75) is 18.4 Å². The Labute approximate surface area is 159 Å². The van der Waals surface area contributed by atoms with Gasteiger partial charge in [-0.2, -0.15) is 26.3 Å². The van der Waals surface area contributed by atoms with E-state index in [0.717, 1.165) is 24.3 Å². The van der Waals surface area contributed by atoms with Crippen LogP contribution in [0.5, 0.6) is 0 Å². The molecular formula is C18H12F6N2O3. The first-order valence-electron chi connectivity index (χ1n) is 7.85. The molecule has 1 amide bonds. The zero-order valence-electron chi connectivity index (χ0n) is 14.3. The van der Waals surface area contributed by atoms with Crippen molar-refractivity contribution in [2.75, 3.05) is 0 Å². The fraction of sp³-hybridized carbons (Fsp3) is 0.167. The smallest absolute Gasteiger partial charge is 0.337 e. The minimum absolute atomic E-state index is 0.178. The van der Waals surface area contributed by atoms with Crippen LogP contribution in [0, 0.1) is 10.1 Å². The number of nitrogens with zero attached hydrogens (tertiary/aromatic N) is 1. The molecule has 0 spiro atoms. The maximum atomic E-state index is 13.3. The molecule has 0 saturated carbocycles. The molecule has 0 heterocycles. The lowest BCUT2D eigenvalue weighted by Crippen LogP contribution is -2.37. The van der Waals surface area contributed by atoms with Gasteiger partial charge in [0.25, 0.3) is 5.69 Å². The van der Waals surface area contributed by atoms with Crippen molar-refractivity contribution in [3.63, 3.8) is 0 Å². The molecule has 0 saturated heterocycles. The van der Waals surface area contributed by atoms with Gasteiger partial charge in [0, 0.05) is 18.2 Å². The Bertz CT molecular complexity index is 938. The first-order valence-corrected chi connectivity index (χ1v) is 7.85. The van der Waals surface area contributed by atoms with E-state index in [0.29, 0.717) is 18.2 Å². The highest BCUT2D eigenvalue weighted by Crippen LogP contribution is 2.36. The minimum Gasteiger partial charge on any atom is -0.337 e. The van der Waals surface area contributed by atoms with Crippen molar-refractivity contribution in [1.82, 2.24) is 5.32 Å². The third-order valence-electron chi connectivity index (χ3n) is 3.67. The summed E-state index contributed by atoms with van der Waals surface area (Å²) in [5, 5.41) is 12.3. The number of carbonyl (C=O) groups excluding carboxylic acids is 1. The van der Waals surface area contributed by atoms with Crippen LogP contribution in [0.3, 0.4) is 0 Å². The number of halogens is 6. The summed E-state index contributed by atoms with van der Waals surface area (Å²) in [6.07, 6.45) is -8.16. The molecule has 0 radical (unpaired) electrons. The Morgan fingerprint density at radius 3 is 2.28 bits per heavy atom. The van der Waals surface area contributed by atoms with E-state index in [2.05, 4.69) is 0 Å². The second-order valence-corrected chi connectivity index (χ2v) is 5.79. The topological polar surface area (TPSA) is 72.2 Å². The molecule has 11 heteroatoms. The van der Waals surface area contributed by atoms with E-state index >= 15 is 0 Å². The normalized spacial score (nSPS) is 13.3. The second kappa shape index (κ2) is 8.33. The summed E-state index contributed by atoms with van der Waals surface area (Å²) in [5.74, 6) is -1.24. The second-order valence-electron chi connectivity index (χ2n) is 5.79. The van der Waals surface area contributed by atoms with E-state index in [4.69, 9.17) is 0 Å². The number of non-ortho nitro benzene ring substituents is 1. The third kappa shape index (κ3) is 6.06. The summed E-state index contributed by atoms with van der Waals surface area (Å²) in [6.45, 7) is 0. The van der Waals surface area contributed by atoms with Crippen molar-refractivity contribution < 1.29 is 36.1 Å². The molecule has 0 aromatic heterocycles. The summed E-state index contributed by atoms with van der Waals surface area (Å²) in [7, 11) is 0. The van der Waals surface area contributed by atoms with Crippen LogP contribution in [0.15, 0.2) is 54.6 Å². The Kier molecular flexibility index (Phi) is 6.30. The molecule has 1 atom stereocenters. The number of hydrogen-bond donors (Lipinski definition) is 1. The molecular weight excluding hydrogens is 406 g/mol. The van der Waals surface area contributed by atoms with Crippen LogP contribution in [-0.4, -0.2) is 17.0 Å². The average Bonchev–Trinajstić information content (AvgIpc) is 2.63. The largest absolute Gasteiger partial charge is 0.416 e. The van der Waals surface area contributed by atoms with Crippen molar-refractivity contribution in [3.05, 3.63) is 81.4 Å². The van der Waals surface area contributed by atoms with Crippen molar-refractivity contribution in [3.8, 4) is 0 Å². The Balaban J connectivity index is 2.24. The zero-order valence-corrected chi connectivity index (χ0v) is 14.3. The van der Waals surface area contributed by atoms with E-state index in [1.807, 2.05) is 0 Å². The number of carbonyl (C=O) groups is 1. The highest BCUT2D eigenvalue weighted by atomic mass is 19.4. The van der Waals surface area contributed by atoms with Crippen LogP contribution in [0.1, 0.15) is 22.7 Å². The SMILES string of the molecule is O=C(C=Cc1cccc([N+](=O)[O-])c1)NC(c1cccc(C(F)(F)F)c1)C(F)(F)F. The summed E-state index contributed by atoms with van der Waals surface area (Å²) in [5.41, 5.74) is -2.18. The van der Waals surface area contributed by atoms with Gasteiger partial charge in [-0.15, -0.1) is 0 Å². The Morgan fingerprint density at radius 2 is 1.69 bits per heavy atom. The van der Waals surface area contributed by atoms with E-state index < -0.39 is 40.4 Å². The van der Waals surface area contributed by atoms with Crippen LogP contribution < -0.4 is 5.32 Å². The van der Waals surface area contributed by atoms with Gasteiger partial charge < -0.3 is 5.32 Å². The highest BCUT2D eigenvalue weighted by Gasteiger charge is 2.42. The van der Waals surface area contributed by atoms with Crippen LogP contribution in [-0.2, 0) is 11.0 Å². The number of nitro groups is 1. The van der Waals surface area contributed by atoms with Gasteiger partial charge in [-0.05, 0) is 29.3 Å². The Hall–Kier alpha value is -3.37. The summed E-state index contributed by atoms with van der Waals surface area (Å²) < 4.78 is 78.2. The number of benzene rings is 2. The number of nitrogens with one attached hydrogen (secondary N) is 1. The number of amides is 1. The van der Waals surface area contributed by atoms with Crippen LogP contribution in [0.4, 0.5) is 32.0 Å². The standard InChI is InChI=1S/C18H12F6N2O3/c19-17(20,21)13-5-2-4-12(10-13)16(18(22,23)24)25-15(27)8-7-11-3-1-6-14(9-11)26(28)29/h1-10,16H,(H,25,27). The lowest BCUT2D eigenvalue weighted by Gasteiger charge is -2.22. The van der Waals surface area contributed by atoms with Crippen LogP contribution in [0.25, 0.3) is 6.08 Å². The molecule has 0 aliphatic rings. The van der Waals surface area contributed by atoms with Gasteiger partial charge >= 0.3 is 12.4 Å². The minimum atomic E-state index is -5.06. The average molecular weight is 418 g/mol. The molecule has 2 aromatic rings. The molecule has 0 fully saturated rings. The van der Waals surface area contributed by atoms with E-state index in [1.54, 1.807) is 5.32 Å². The first kappa shape index (κ1) is 21.9. The van der Waals surface area contributed by atoms with Crippen molar-refractivity contribution in [2.24, 2.45) is 0 Å². The Morgan fingerprint density at radius 1 is 1.03 bits per heavy atom. The summed E-state index contributed by atoms with van der Waals surface area (Å²) in [6, 6.07) is 4.85. The molecule has 0 bridgehead atoms. The van der Waals surface area contributed by atoms with Gasteiger partial charge in [0.05, 0.1) is 10.5 Å². The van der Waals surface area contributed by atoms with Crippen LogP contribution in [0.2, 0.25) is 0 Å². The maximum absolute atomic E-state index is 13.3. The molecule has 154 valence electrons. The van der Waals surface area contributed by atoms with Gasteiger partial charge in [0.15, 0.2) is 6.04 Å². The van der Waals surface area contributed by atoms with Gasteiger partial charge in [-0.25, -0.2) is 0 Å². The third-order valence-corrected chi connectivity index (χ3v) is 3.67. The molecule has 1 unspecified atom stereocenters. The number of nitro benzene ring substituents is 1. The number of alkyl halides is 6. The quantitative estimate of drug-likeness (QED) is 0.320. The van der Waals surface area contributed by atoms with E-state index in [9.17, 15) is 41.3 Å². The van der Waals surface area contributed by atoms with Gasteiger partial charge in [0.2, 0.25) is 5.91 Å². The molecule has 0 aliphatic heterocycles. The van der Waals surface area contributed by atoms with Gasteiger partial charge in [-0.3, -0.25) is 14.9 Å². The molecule has 2 rings (SSSR count). The van der Waals surface area contributed by atoms with Gasteiger partial charge in [0.1, 0.15) is 0 Å². The fourth-order valence-electron chi connectivity index (χ4n) is 2.35. The van der Waals surface area contributed by atoms with Crippen molar-refractivity contribution in [1.29, 1.82) is 0 Å².